The van der Waals surface area contributed by atoms with E-state index < -0.39 is 12.2 Å². The van der Waals surface area contributed by atoms with Crippen molar-refractivity contribution in [3.8, 4) is 0 Å². The van der Waals surface area contributed by atoms with Crippen molar-refractivity contribution in [2.75, 3.05) is 0 Å². The number of alkyl halides is 3. The van der Waals surface area contributed by atoms with Crippen LogP contribution >= 0.6 is 0 Å². The fraction of sp³-hybridized carbons (Fsp3) is 0.900. The molecule has 0 rings (SSSR count). The van der Waals surface area contributed by atoms with Gasteiger partial charge in [0.1, 0.15) is 0 Å². The second kappa shape index (κ2) is 5.49. The second-order valence-corrected chi connectivity index (χ2v) is 5.84. The van der Waals surface area contributed by atoms with Crippen molar-refractivity contribution in [3.63, 3.8) is 0 Å². The van der Waals surface area contributed by atoms with Gasteiger partial charge in [0, 0.05) is 0 Å². The van der Waals surface area contributed by atoms with Gasteiger partial charge in [0.2, 0.25) is 0 Å². The molecule has 0 fully saturated rings. The number of halogens is 3. The number of hydrogen-bond acceptors (Lipinski definition) is 1. The molecule has 0 saturated heterocycles. The van der Waals surface area contributed by atoms with Crippen LogP contribution in [0.2, 0.25) is 0 Å². The van der Waals surface area contributed by atoms with Gasteiger partial charge >= 0.3 is 105 Å². The molecular formula is C10H18F3GaN2. The molecule has 0 aromatic rings. The van der Waals surface area contributed by atoms with E-state index in [9.17, 15) is 13.2 Å². The van der Waals surface area contributed by atoms with Crippen molar-refractivity contribution in [1.29, 1.82) is 0 Å². The topological polar surface area (TPSA) is 15.6 Å². The van der Waals surface area contributed by atoms with E-state index in [-0.39, 0.29) is 5.54 Å². The van der Waals surface area contributed by atoms with E-state index in [4.69, 9.17) is 0 Å². The maximum atomic E-state index is 12.5. The van der Waals surface area contributed by atoms with Crippen LogP contribution in [-0.2, 0) is 0 Å². The van der Waals surface area contributed by atoms with Gasteiger partial charge in [-0.1, -0.05) is 0 Å². The first-order valence-electron chi connectivity index (χ1n) is 5.18. The van der Waals surface area contributed by atoms with Gasteiger partial charge in [-0.3, -0.25) is 0 Å². The van der Waals surface area contributed by atoms with Gasteiger partial charge in [-0.2, -0.15) is 0 Å². The molecule has 16 heavy (non-hydrogen) atoms. The van der Waals surface area contributed by atoms with Crippen LogP contribution in [0.15, 0.2) is 4.99 Å². The molecule has 0 aliphatic carbocycles. The summed E-state index contributed by atoms with van der Waals surface area (Å²) in [5.41, 5.74) is -0.346. The van der Waals surface area contributed by atoms with Crippen molar-refractivity contribution in [2.45, 2.75) is 58.8 Å². The Labute approximate surface area is 105 Å². The van der Waals surface area contributed by atoms with Gasteiger partial charge in [-0.15, -0.1) is 0 Å². The predicted octanol–water partition coefficient (Wildman–Crippen LogP) is 2.93. The maximum absolute atomic E-state index is 12.5. The molecule has 0 bridgehead atoms. The van der Waals surface area contributed by atoms with Gasteiger partial charge in [0.05, 0.1) is 0 Å². The third-order valence-corrected chi connectivity index (χ3v) is 3.53. The van der Waals surface area contributed by atoms with Crippen LogP contribution in [0.4, 0.5) is 13.2 Å². The zero-order chi connectivity index (χ0) is 13.1. The van der Waals surface area contributed by atoms with E-state index in [1.54, 1.807) is 0 Å². The average Bonchev–Trinajstić information content (AvgIpc) is 2.08. The molecule has 92 valence electrons. The summed E-state index contributed by atoms with van der Waals surface area (Å²) >= 11 is 0.935. The number of amidine groups is 1. The molecule has 2 nitrogen and oxygen atoms in total. The van der Waals surface area contributed by atoms with Gasteiger partial charge in [0.15, 0.2) is 0 Å². The summed E-state index contributed by atoms with van der Waals surface area (Å²) < 4.78 is 38.9. The minimum atomic E-state index is -4.20. The Morgan fingerprint density at radius 1 is 1.31 bits per heavy atom. The van der Waals surface area contributed by atoms with Gasteiger partial charge in [-0.25, -0.2) is 0 Å². The summed E-state index contributed by atoms with van der Waals surface area (Å²) in [6.07, 6.45) is -3.69. The number of aliphatic imine (C=N–C) groups is 1. The van der Waals surface area contributed by atoms with Gasteiger partial charge in [-0.05, 0) is 0 Å². The molecule has 0 heterocycles. The zero-order valence-electron chi connectivity index (χ0n) is 10.4. The third-order valence-electron chi connectivity index (χ3n) is 1.97. The van der Waals surface area contributed by atoms with Gasteiger partial charge in [0.25, 0.3) is 0 Å². The molecular weight excluding hydrogens is 275 g/mol. The average molecular weight is 293 g/mol. The summed E-state index contributed by atoms with van der Waals surface area (Å²) in [6, 6.07) is -1.48. The minimum absolute atomic E-state index is 0.346. The van der Waals surface area contributed by atoms with E-state index in [1.165, 1.54) is 3.61 Å². The van der Waals surface area contributed by atoms with Crippen molar-refractivity contribution < 1.29 is 13.2 Å². The van der Waals surface area contributed by atoms with E-state index >= 15 is 0 Å². The first-order valence-corrected chi connectivity index (χ1v) is 6.26. The fourth-order valence-electron chi connectivity index (χ4n) is 1.09. The Morgan fingerprint density at radius 3 is 2.00 bits per heavy atom. The Balaban J connectivity index is 4.94. The molecule has 0 aromatic heterocycles. The zero-order valence-corrected chi connectivity index (χ0v) is 12.8. The SMILES string of the molecule is CCC(=NC(C)(C)C)[N]([Ga])C(C)C(F)(F)F. The van der Waals surface area contributed by atoms with E-state index in [0.29, 0.717) is 12.3 Å². The fourth-order valence-corrected chi connectivity index (χ4v) is 1.95. The normalized spacial score (nSPS) is 16.1. The summed E-state index contributed by atoms with van der Waals surface area (Å²) in [5.74, 6) is 0.511. The van der Waals surface area contributed by atoms with Crippen molar-refractivity contribution >= 4 is 24.7 Å². The molecule has 2 radical (unpaired) electrons. The summed E-state index contributed by atoms with van der Waals surface area (Å²) in [6.45, 7) is 8.61. The van der Waals surface area contributed by atoms with Crippen molar-refractivity contribution in [1.82, 2.24) is 3.61 Å². The predicted molar refractivity (Wildman–Crippen MR) is 60.6 cm³/mol. The standard InChI is InChI=1S/C10H18F3N2.Ga/c1-6-8(15-9(3,4)5)14-7(2)10(11,12)13;/h7H,6H2,1-5H3;/q-1;+1. The Morgan fingerprint density at radius 2 is 1.75 bits per heavy atom. The molecule has 6 heteroatoms. The van der Waals surface area contributed by atoms with E-state index in [0.717, 1.165) is 25.8 Å². The van der Waals surface area contributed by atoms with E-state index in [2.05, 4.69) is 4.99 Å². The number of nitrogens with zero attached hydrogens (tertiary/aromatic N) is 2. The summed E-state index contributed by atoms with van der Waals surface area (Å²) in [4.78, 5) is 4.32. The van der Waals surface area contributed by atoms with E-state index in [1.807, 2.05) is 27.7 Å². The molecule has 0 aliphatic rings. The van der Waals surface area contributed by atoms with Crippen LogP contribution in [0.25, 0.3) is 0 Å². The Hall–Kier alpha value is -0.104. The molecule has 0 N–H and O–H groups in total. The molecule has 0 amide bonds. The number of rotatable bonds is 2. The van der Waals surface area contributed by atoms with Crippen LogP contribution in [0.3, 0.4) is 0 Å². The van der Waals surface area contributed by atoms with Crippen LogP contribution in [-0.4, -0.2) is 46.0 Å². The third kappa shape index (κ3) is 5.29. The quantitative estimate of drug-likeness (QED) is 0.434. The molecule has 0 saturated carbocycles. The molecule has 0 aliphatic heterocycles. The first kappa shape index (κ1) is 15.9. The molecule has 0 spiro atoms. The van der Waals surface area contributed by atoms with Crippen molar-refractivity contribution in [3.05, 3.63) is 0 Å². The molecule has 0 aromatic carbocycles. The summed E-state index contributed by atoms with van der Waals surface area (Å²) in [5, 5.41) is 0. The first-order chi connectivity index (χ1) is 6.99. The summed E-state index contributed by atoms with van der Waals surface area (Å²) in [7, 11) is 0. The Bertz CT molecular complexity index is 256. The van der Waals surface area contributed by atoms with Crippen LogP contribution in [0, 0.1) is 0 Å². The monoisotopic (exact) mass is 292 g/mol. The van der Waals surface area contributed by atoms with Crippen LogP contribution in [0.1, 0.15) is 41.0 Å². The van der Waals surface area contributed by atoms with Crippen LogP contribution < -0.4 is 0 Å². The van der Waals surface area contributed by atoms with Crippen molar-refractivity contribution in [2.24, 2.45) is 4.99 Å². The van der Waals surface area contributed by atoms with Gasteiger partial charge < -0.3 is 0 Å². The van der Waals surface area contributed by atoms with Crippen LogP contribution in [0.5, 0.6) is 0 Å². The Kier molecular flexibility index (Phi) is 5.45. The molecule has 1 atom stereocenters. The molecule has 1 unspecified atom stereocenters. The second-order valence-electron chi connectivity index (χ2n) is 4.68. The number of hydrogen-bond donors (Lipinski definition) is 0.